The molecule has 1 fully saturated rings. The standard InChI is InChI=1S/C14H21BrN4O/c1-3-4-18-5-7-19(8-6-18)14(20)12-9-11(15)10-17-13(12)16-2/h9-10H,3-8H2,1-2H3,(H,16,17). The summed E-state index contributed by atoms with van der Waals surface area (Å²) < 4.78 is 0.824. The van der Waals surface area contributed by atoms with Gasteiger partial charge >= 0.3 is 0 Å². The Morgan fingerprint density at radius 1 is 1.40 bits per heavy atom. The Morgan fingerprint density at radius 2 is 2.10 bits per heavy atom. The summed E-state index contributed by atoms with van der Waals surface area (Å²) in [5.74, 6) is 0.688. The van der Waals surface area contributed by atoms with Gasteiger partial charge in [0.15, 0.2) is 0 Å². The van der Waals surface area contributed by atoms with Crippen LogP contribution in [-0.2, 0) is 0 Å². The summed E-state index contributed by atoms with van der Waals surface area (Å²) in [6.07, 6.45) is 2.86. The first kappa shape index (κ1) is 15.3. The van der Waals surface area contributed by atoms with E-state index >= 15 is 0 Å². The molecule has 0 spiro atoms. The Morgan fingerprint density at radius 3 is 2.70 bits per heavy atom. The summed E-state index contributed by atoms with van der Waals surface area (Å²) in [5, 5.41) is 2.98. The van der Waals surface area contributed by atoms with E-state index in [2.05, 4.69) is 38.1 Å². The second-order valence-corrected chi connectivity index (χ2v) is 5.85. The minimum absolute atomic E-state index is 0.0549. The lowest BCUT2D eigenvalue weighted by Gasteiger charge is -2.34. The smallest absolute Gasteiger partial charge is 0.257 e. The average molecular weight is 341 g/mol. The monoisotopic (exact) mass is 340 g/mol. The van der Waals surface area contributed by atoms with Crippen LogP contribution < -0.4 is 5.32 Å². The third-order valence-corrected chi connectivity index (χ3v) is 3.95. The topological polar surface area (TPSA) is 48.5 Å². The molecule has 1 saturated heterocycles. The van der Waals surface area contributed by atoms with E-state index < -0.39 is 0 Å². The molecule has 0 radical (unpaired) electrons. The van der Waals surface area contributed by atoms with Crippen molar-refractivity contribution in [3.63, 3.8) is 0 Å². The molecule has 0 atom stereocenters. The zero-order valence-corrected chi connectivity index (χ0v) is 13.6. The van der Waals surface area contributed by atoms with E-state index in [0.717, 1.165) is 43.6 Å². The molecule has 0 saturated carbocycles. The quantitative estimate of drug-likeness (QED) is 0.911. The van der Waals surface area contributed by atoms with Gasteiger partial charge in [0.1, 0.15) is 5.82 Å². The van der Waals surface area contributed by atoms with Crippen molar-refractivity contribution in [2.75, 3.05) is 45.1 Å². The third kappa shape index (κ3) is 3.49. The number of pyridine rings is 1. The van der Waals surface area contributed by atoms with Crippen LogP contribution in [0.25, 0.3) is 0 Å². The molecule has 0 unspecified atom stereocenters. The summed E-state index contributed by atoms with van der Waals surface area (Å²) in [4.78, 5) is 21.2. The van der Waals surface area contributed by atoms with Gasteiger partial charge in [0.05, 0.1) is 5.56 Å². The van der Waals surface area contributed by atoms with Crippen LogP contribution in [0, 0.1) is 0 Å². The van der Waals surface area contributed by atoms with Crippen molar-refractivity contribution in [3.05, 3.63) is 22.3 Å². The zero-order valence-electron chi connectivity index (χ0n) is 12.0. The summed E-state index contributed by atoms with van der Waals surface area (Å²) >= 11 is 3.38. The Kier molecular flexibility index (Phi) is 5.37. The first-order chi connectivity index (χ1) is 9.65. The number of hydrogen-bond acceptors (Lipinski definition) is 4. The van der Waals surface area contributed by atoms with E-state index in [9.17, 15) is 4.79 Å². The maximum absolute atomic E-state index is 12.6. The lowest BCUT2D eigenvalue weighted by Crippen LogP contribution is -2.48. The van der Waals surface area contributed by atoms with Gasteiger partial charge in [-0.05, 0) is 35.0 Å². The molecule has 1 amide bonds. The minimum atomic E-state index is 0.0549. The second-order valence-electron chi connectivity index (χ2n) is 4.93. The van der Waals surface area contributed by atoms with E-state index in [1.807, 2.05) is 11.0 Å². The highest BCUT2D eigenvalue weighted by Crippen LogP contribution is 2.20. The Hall–Kier alpha value is -1.14. The van der Waals surface area contributed by atoms with E-state index in [-0.39, 0.29) is 5.91 Å². The molecular weight excluding hydrogens is 320 g/mol. The second kappa shape index (κ2) is 7.04. The highest BCUT2D eigenvalue weighted by Gasteiger charge is 2.24. The molecule has 1 N–H and O–H groups in total. The summed E-state index contributed by atoms with van der Waals surface area (Å²) in [5.41, 5.74) is 0.630. The number of aromatic nitrogens is 1. The van der Waals surface area contributed by atoms with Gasteiger partial charge in [-0.2, -0.15) is 0 Å². The molecule has 0 aliphatic carbocycles. The Balaban J connectivity index is 2.07. The number of rotatable bonds is 4. The first-order valence-electron chi connectivity index (χ1n) is 7.00. The van der Waals surface area contributed by atoms with Gasteiger partial charge in [-0.3, -0.25) is 9.69 Å². The normalized spacial score (nSPS) is 16.2. The lowest BCUT2D eigenvalue weighted by atomic mass is 10.2. The van der Waals surface area contributed by atoms with E-state index in [1.54, 1.807) is 13.2 Å². The molecule has 20 heavy (non-hydrogen) atoms. The van der Waals surface area contributed by atoms with Crippen LogP contribution in [0.2, 0.25) is 0 Å². The number of piperazine rings is 1. The first-order valence-corrected chi connectivity index (χ1v) is 7.80. The Labute approximate surface area is 128 Å². The number of halogens is 1. The number of carbonyl (C=O) groups excluding carboxylic acids is 1. The minimum Gasteiger partial charge on any atom is -0.372 e. The van der Waals surface area contributed by atoms with Crippen LogP contribution >= 0.6 is 15.9 Å². The number of nitrogens with one attached hydrogen (secondary N) is 1. The number of hydrogen-bond donors (Lipinski definition) is 1. The average Bonchev–Trinajstić information content (AvgIpc) is 2.47. The van der Waals surface area contributed by atoms with Crippen LogP contribution in [0.4, 0.5) is 5.82 Å². The maximum atomic E-state index is 12.6. The molecule has 1 aliphatic heterocycles. The third-order valence-electron chi connectivity index (χ3n) is 3.52. The van der Waals surface area contributed by atoms with Crippen molar-refractivity contribution in [3.8, 4) is 0 Å². The van der Waals surface area contributed by atoms with Gasteiger partial charge in [0.25, 0.3) is 5.91 Å². The van der Waals surface area contributed by atoms with Crippen molar-refractivity contribution < 1.29 is 4.79 Å². The van der Waals surface area contributed by atoms with Gasteiger partial charge in [0, 0.05) is 43.9 Å². The molecule has 0 aromatic carbocycles. The Bertz CT molecular complexity index is 472. The fourth-order valence-electron chi connectivity index (χ4n) is 2.46. The van der Waals surface area contributed by atoms with Crippen LogP contribution in [0.3, 0.4) is 0 Å². The van der Waals surface area contributed by atoms with Gasteiger partial charge in [-0.25, -0.2) is 4.98 Å². The highest BCUT2D eigenvalue weighted by atomic mass is 79.9. The summed E-state index contributed by atoms with van der Waals surface area (Å²) in [7, 11) is 1.78. The summed E-state index contributed by atoms with van der Waals surface area (Å²) in [6.45, 7) is 6.78. The zero-order chi connectivity index (χ0) is 14.5. The maximum Gasteiger partial charge on any atom is 0.257 e. The molecular formula is C14H21BrN4O. The van der Waals surface area contributed by atoms with Crippen LogP contribution in [0.1, 0.15) is 23.7 Å². The molecule has 110 valence electrons. The van der Waals surface area contributed by atoms with Crippen molar-refractivity contribution in [2.45, 2.75) is 13.3 Å². The number of anilines is 1. The molecule has 2 rings (SSSR count). The van der Waals surface area contributed by atoms with E-state index in [4.69, 9.17) is 0 Å². The highest BCUT2D eigenvalue weighted by molar-refractivity contribution is 9.10. The largest absolute Gasteiger partial charge is 0.372 e. The fourth-order valence-corrected chi connectivity index (χ4v) is 2.79. The van der Waals surface area contributed by atoms with E-state index in [1.165, 1.54) is 0 Å². The molecule has 1 aromatic rings. The predicted molar refractivity (Wildman–Crippen MR) is 84.1 cm³/mol. The van der Waals surface area contributed by atoms with Crippen LogP contribution in [0.5, 0.6) is 0 Å². The van der Waals surface area contributed by atoms with Gasteiger partial charge in [-0.15, -0.1) is 0 Å². The molecule has 6 heteroatoms. The fraction of sp³-hybridized carbons (Fsp3) is 0.571. The van der Waals surface area contributed by atoms with Gasteiger partial charge in [-0.1, -0.05) is 6.92 Å². The van der Waals surface area contributed by atoms with Crippen molar-refractivity contribution in [1.82, 2.24) is 14.8 Å². The SMILES string of the molecule is CCCN1CCN(C(=O)c2cc(Br)cnc2NC)CC1. The van der Waals surface area contributed by atoms with Crippen molar-refractivity contribution in [1.29, 1.82) is 0 Å². The van der Waals surface area contributed by atoms with Gasteiger partial charge in [0.2, 0.25) is 0 Å². The molecule has 1 aliphatic rings. The number of carbonyl (C=O) groups is 1. The predicted octanol–water partition coefficient (Wildman–Crippen LogP) is 2.05. The molecule has 0 bridgehead atoms. The molecule has 2 heterocycles. The number of amides is 1. The van der Waals surface area contributed by atoms with E-state index in [0.29, 0.717) is 11.4 Å². The number of nitrogens with zero attached hydrogens (tertiary/aromatic N) is 3. The molecule has 1 aromatic heterocycles. The lowest BCUT2D eigenvalue weighted by molar-refractivity contribution is 0.0638. The van der Waals surface area contributed by atoms with Gasteiger partial charge < -0.3 is 10.2 Å². The summed E-state index contributed by atoms with van der Waals surface area (Å²) in [6, 6.07) is 1.83. The molecule has 5 nitrogen and oxygen atoms in total. The van der Waals surface area contributed by atoms with Crippen LogP contribution in [-0.4, -0.2) is 60.5 Å². The van der Waals surface area contributed by atoms with Crippen LogP contribution in [0.15, 0.2) is 16.7 Å². The van der Waals surface area contributed by atoms with Crippen molar-refractivity contribution in [2.24, 2.45) is 0 Å². The van der Waals surface area contributed by atoms with Crippen molar-refractivity contribution >= 4 is 27.7 Å².